The fourth-order valence-corrected chi connectivity index (χ4v) is 3.99. The van der Waals surface area contributed by atoms with Crippen LogP contribution in [0.1, 0.15) is 36.9 Å². The zero-order valence-corrected chi connectivity index (χ0v) is 17.2. The summed E-state index contributed by atoms with van der Waals surface area (Å²) in [4.78, 5) is 13.4. The number of nitrogens with one attached hydrogen (secondary N) is 1. The van der Waals surface area contributed by atoms with Crippen molar-refractivity contribution in [2.45, 2.75) is 31.2 Å². The van der Waals surface area contributed by atoms with Gasteiger partial charge in [-0.25, -0.2) is 0 Å². The van der Waals surface area contributed by atoms with Crippen LogP contribution in [0.4, 0.5) is 0 Å². The standard InChI is InChI=1S/C26H27NO3/c1-20(21-12-14-24(15-13-21)30-23-10-6-3-7-11-23)27-25(28)26(16-18-29-19-17-26)22-8-4-2-5-9-22/h2-15,20H,16-19H2,1H3,(H,27,28). The molecule has 1 saturated heterocycles. The van der Waals surface area contributed by atoms with Crippen molar-refractivity contribution < 1.29 is 14.3 Å². The number of hydrogen-bond acceptors (Lipinski definition) is 3. The quantitative estimate of drug-likeness (QED) is 0.601. The van der Waals surface area contributed by atoms with Crippen LogP contribution in [0.3, 0.4) is 0 Å². The molecule has 0 aliphatic carbocycles. The van der Waals surface area contributed by atoms with Gasteiger partial charge in [-0.2, -0.15) is 0 Å². The van der Waals surface area contributed by atoms with Crippen molar-refractivity contribution in [3.63, 3.8) is 0 Å². The van der Waals surface area contributed by atoms with Crippen molar-refractivity contribution in [1.29, 1.82) is 0 Å². The van der Waals surface area contributed by atoms with Crippen LogP contribution in [0.15, 0.2) is 84.9 Å². The first kappa shape index (κ1) is 20.2. The van der Waals surface area contributed by atoms with Gasteiger partial charge in [0.2, 0.25) is 5.91 Å². The molecular weight excluding hydrogens is 374 g/mol. The Kier molecular flexibility index (Phi) is 6.15. The van der Waals surface area contributed by atoms with Crippen molar-refractivity contribution >= 4 is 5.91 Å². The lowest BCUT2D eigenvalue weighted by atomic mass is 9.73. The molecule has 30 heavy (non-hydrogen) atoms. The molecule has 4 rings (SSSR count). The molecule has 1 aliphatic heterocycles. The number of carbonyl (C=O) groups is 1. The highest BCUT2D eigenvalue weighted by molar-refractivity contribution is 5.88. The van der Waals surface area contributed by atoms with Crippen molar-refractivity contribution in [1.82, 2.24) is 5.32 Å². The zero-order chi connectivity index (χ0) is 20.8. The van der Waals surface area contributed by atoms with Crippen LogP contribution >= 0.6 is 0 Å². The molecule has 0 radical (unpaired) electrons. The van der Waals surface area contributed by atoms with E-state index in [1.54, 1.807) is 0 Å². The molecule has 0 aromatic heterocycles. The third-order valence-corrected chi connectivity index (χ3v) is 5.81. The Balaban J connectivity index is 1.47. The first-order chi connectivity index (χ1) is 14.7. The molecular formula is C26H27NO3. The van der Waals surface area contributed by atoms with Gasteiger partial charge in [0.25, 0.3) is 0 Å². The molecule has 4 nitrogen and oxygen atoms in total. The van der Waals surface area contributed by atoms with Crippen molar-refractivity contribution in [2.75, 3.05) is 13.2 Å². The maximum atomic E-state index is 13.4. The van der Waals surface area contributed by atoms with Crippen molar-refractivity contribution in [3.8, 4) is 11.5 Å². The maximum absolute atomic E-state index is 13.4. The molecule has 0 saturated carbocycles. The summed E-state index contributed by atoms with van der Waals surface area (Å²) in [6, 6.07) is 27.5. The average molecular weight is 402 g/mol. The summed E-state index contributed by atoms with van der Waals surface area (Å²) in [5.41, 5.74) is 1.56. The topological polar surface area (TPSA) is 47.6 Å². The Morgan fingerprint density at radius 1 is 0.867 bits per heavy atom. The summed E-state index contributed by atoms with van der Waals surface area (Å²) < 4.78 is 11.4. The largest absolute Gasteiger partial charge is 0.457 e. The number of benzene rings is 3. The Morgan fingerprint density at radius 2 is 1.43 bits per heavy atom. The van der Waals surface area contributed by atoms with E-state index < -0.39 is 5.41 Å². The molecule has 0 spiro atoms. The third-order valence-electron chi connectivity index (χ3n) is 5.81. The van der Waals surface area contributed by atoms with Gasteiger partial charge in [-0.1, -0.05) is 60.7 Å². The summed E-state index contributed by atoms with van der Waals surface area (Å²) >= 11 is 0. The monoisotopic (exact) mass is 401 g/mol. The third kappa shape index (κ3) is 4.39. The Morgan fingerprint density at radius 3 is 2.07 bits per heavy atom. The summed E-state index contributed by atoms with van der Waals surface area (Å²) in [5.74, 6) is 1.64. The van der Waals surface area contributed by atoms with Crippen LogP contribution < -0.4 is 10.1 Å². The van der Waals surface area contributed by atoms with Gasteiger partial charge in [0.1, 0.15) is 11.5 Å². The van der Waals surface area contributed by atoms with Crippen LogP contribution in [0, 0.1) is 0 Å². The summed E-state index contributed by atoms with van der Waals surface area (Å²) in [6.45, 7) is 3.22. The average Bonchev–Trinajstić information content (AvgIpc) is 2.81. The van der Waals surface area contributed by atoms with E-state index in [0.29, 0.717) is 26.1 Å². The molecule has 1 N–H and O–H groups in total. The van der Waals surface area contributed by atoms with E-state index in [1.165, 1.54) is 0 Å². The first-order valence-corrected chi connectivity index (χ1v) is 10.4. The lowest BCUT2D eigenvalue weighted by Crippen LogP contribution is -2.48. The number of amides is 1. The normalized spacial score (nSPS) is 16.4. The predicted molar refractivity (Wildman–Crippen MR) is 118 cm³/mol. The van der Waals surface area contributed by atoms with E-state index in [4.69, 9.17) is 9.47 Å². The number of carbonyl (C=O) groups excluding carboxylic acids is 1. The molecule has 1 unspecified atom stereocenters. The van der Waals surface area contributed by atoms with E-state index in [9.17, 15) is 4.79 Å². The first-order valence-electron chi connectivity index (χ1n) is 10.4. The highest BCUT2D eigenvalue weighted by Gasteiger charge is 2.42. The Labute approximate surface area is 177 Å². The highest BCUT2D eigenvalue weighted by Crippen LogP contribution is 2.36. The van der Waals surface area contributed by atoms with Gasteiger partial charge in [-0.05, 0) is 55.2 Å². The van der Waals surface area contributed by atoms with Crippen LogP contribution in [0.5, 0.6) is 11.5 Å². The fourth-order valence-electron chi connectivity index (χ4n) is 3.99. The molecule has 1 amide bonds. The van der Waals surface area contributed by atoms with Gasteiger partial charge in [-0.15, -0.1) is 0 Å². The minimum Gasteiger partial charge on any atom is -0.457 e. The second-order valence-electron chi connectivity index (χ2n) is 7.74. The summed E-state index contributed by atoms with van der Waals surface area (Å²) in [5, 5.41) is 3.24. The molecule has 1 atom stereocenters. The lowest BCUT2D eigenvalue weighted by molar-refractivity contribution is -0.131. The van der Waals surface area contributed by atoms with Gasteiger partial charge < -0.3 is 14.8 Å². The van der Waals surface area contributed by atoms with Gasteiger partial charge in [0.05, 0.1) is 11.5 Å². The van der Waals surface area contributed by atoms with Gasteiger partial charge in [-0.3, -0.25) is 4.79 Å². The van der Waals surface area contributed by atoms with Crippen molar-refractivity contribution in [2.24, 2.45) is 0 Å². The number of para-hydroxylation sites is 1. The van der Waals surface area contributed by atoms with Crippen molar-refractivity contribution in [3.05, 3.63) is 96.1 Å². The van der Waals surface area contributed by atoms with E-state index in [1.807, 2.05) is 91.9 Å². The second kappa shape index (κ2) is 9.14. The molecule has 1 aliphatic rings. The lowest BCUT2D eigenvalue weighted by Gasteiger charge is -2.37. The Bertz CT molecular complexity index is 949. The summed E-state index contributed by atoms with van der Waals surface area (Å²) in [7, 11) is 0. The predicted octanol–water partition coefficient (Wildman–Crippen LogP) is 5.40. The number of hydrogen-bond donors (Lipinski definition) is 1. The SMILES string of the molecule is CC(NC(=O)C1(c2ccccc2)CCOCC1)c1ccc(Oc2ccccc2)cc1. The minimum atomic E-state index is -0.538. The van der Waals surface area contributed by atoms with E-state index in [2.05, 4.69) is 5.32 Å². The maximum Gasteiger partial charge on any atom is 0.231 e. The van der Waals surface area contributed by atoms with Crippen LogP contribution in [0.25, 0.3) is 0 Å². The van der Waals surface area contributed by atoms with Crippen LogP contribution in [-0.2, 0) is 14.9 Å². The van der Waals surface area contributed by atoms with E-state index in [0.717, 1.165) is 22.6 Å². The molecule has 3 aromatic carbocycles. The fraction of sp³-hybridized carbons (Fsp3) is 0.269. The molecule has 154 valence electrons. The molecule has 4 heteroatoms. The van der Waals surface area contributed by atoms with E-state index >= 15 is 0 Å². The zero-order valence-electron chi connectivity index (χ0n) is 17.2. The molecule has 1 heterocycles. The molecule has 3 aromatic rings. The smallest absolute Gasteiger partial charge is 0.231 e. The summed E-state index contributed by atoms with van der Waals surface area (Å²) in [6.07, 6.45) is 1.39. The van der Waals surface area contributed by atoms with Crippen LogP contribution in [0.2, 0.25) is 0 Å². The van der Waals surface area contributed by atoms with Gasteiger partial charge in [0, 0.05) is 13.2 Å². The van der Waals surface area contributed by atoms with E-state index in [-0.39, 0.29) is 11.9 Å². The van der Waals surface area contributed by atoms with Gasteiger partial charge >= 0.3 is 0 Å². The highest BCUT2D eigenvalue weighted by atomic mass is 16.5. The second-order valence-corrected chi connectivity index (χ2v) is 7.74. The number of rotatable bonds is 6. The van der Waals surface area contributed by atoms with Gasteiger partial charge in [0.15, 0.2) is 0 Å². The molecule has 0 bridgehead atoms. The van der Waals surface area contributed by atoms with Crippen LogP contribution in [-0.4, -0.2) is 19.1 Å². The number of ether oxygens (including phenoxy) is 2. The Hall–Kier alpha value is -3.11. The minimum absolute atomic E-state index is 0.0640. The molecule has 1 fully saturated rings.